The summed E-state index contributed by atoms with van der Waals surface area (Å²) in [4.78, 5) is 11.7. The lowest BCUT2D eigenvalue weighted by Crippen LogP contribution is -2.05. The number of hydrogen-bond donors (Lipinski definition) is 0. The predicted octanol–water partition coefficient (Wildman–Crippen LogP) is 4.27. The summed E-state index contributed by atoms with van der Waals surface area (Å²) < 4.78 is 37.1. The van der Waals surface area contributed by atoms with E-state index in [9.17, 15) is 13.6 Å². The first-order chi connectivity index (χ1) is 10.9. The lowest BCUT2D eigenvalue weighted by Gasteiger charge is -2.10. The SMILES string of the molecule is Cc1cc2oc(=O)cc(COc3ccc(F)cc3F)c2cc1C. The first-order valence-corrected chi connectivity index (χ1v) is 7.06. The molecule has 1 heterocycles. The molecule has 0 atom stereocenters. The number of aryl methyl sites for hydroxylation is 2. The Labute approximate surface area is 131 Å². The molecule has 118 valence electrons. The molecule has 5 heteroatoms. The number of halogens is 2. The van der Waals surface area contributed by atoms with Crippen LogP contribution in [0.3, 0.4) is 0 Å². The normalized spacial score (nSPS) is 11.0. The van der Waals surface area contributed by atoms with Crippen LogP contribution in [0, 0.1) is 25.5 Å². The van der Waals surface area contributed by atoms with E-state index >= 15 is 0 Å². The predicted molar refractivity (Wildman–Crippen MR) is 82.6 cm³/mol. The van der Waals surface area contributed by atoms with Crippen molar-refractivity contribution in [3.05, 3.63) is 75.1 Å². The number of ether oxygens (including phenoxy) is 1. The maximum absolute atomic E-state index is 13.6. The van der Waals surface area contributed by atoms with E-state index in [0.717, 1.165) is 28.6 Å². The zero-order valence-electron chi connectivity index (χ0n) is 12.7. The minimum absolute atomic E-state index is 0.0207. The molecule has 0 N–H and O–H groups in total. The van der Waals surface area contributed by atoms with Crippen LogP contribution in [0.1, 0.15) is 16.7 Å². The van der Waals surface area contributed by atoms with Gasteiger partial charge < -0.3 is 9.15 Å². The van der Waals surface area contributed by atoms with Crippen molar-refractivity contribution in [2.75, 3.05) is 0 Å². The summed E-state index contributed by atoms with van der Waals surface area (Å²) in [6.07, 6.45) is 0. The Morgan fingerprint density at radius 3 is 2.52 bits per heavy atom. The van der Waals surface area contributed by atoms with Gasteiger partial charge in [-0.05, 0) is 49.2 Å². The van der Waals surface area contributed by atoms with Crippen molar-refractivity contribution in [3.63, 3.8) is 0 Å². The van der Waals surface area contributed by atoms with E-state index < -0.39 is 17.3 Å². The van der Waals surface area contributed by atoms with Gasteiger partial charge in [-0.25, -0.2) is 13.6 Å². The van der Waals surface area contributed by atoms with Crippen molar-refractivity contribution < 1.29 is 17.9 Å². The molecule has 0 unspecified atom stereocenters. The molecule has 0 spiro atoms. The molecule has 0 radical (unpaired) electrons. The molecule has 0 aliphatic heterocycles. The van der Waals surface area contributed by atoms with Crippen LogP contribution in [0.5, 0.6) is 5.75 Å². The fraction of sp³-hybridized carbons (Fsp3) is 0.167. The molecule has 23 heavy (non-hydrogen) atoms. The molecule has 0 aliphatic rings. The maximum atomic E-state index is 13.6. The molecular weight excluding hydrogens is 302 g/mol. The van der Waals surface area contributed by atoms with E-state index in [-0.39, 0.29) is 12.4 Å². The van der Waals surface area contributed by atoms with Gasteiger partial charge in [-0.2, -0.15) is 0 Å². The van der Waals surface area contributed by atoms with Crippen LogP contribution >= 0.6 is 0 Å². The van der Waals surface area contributed by atoms with Crippen molar-refractivity contribution in [1.29, 1.82) is 0 Å². The van der Waals surface area contributed by atoms with Gasteiger partial charge in [0, 0.05) is 23.1 Å². The highest BCUT2D eigenvalue weighted by molar-refractivity contribution is 5.81. The van der Waals surface area contributed by atoms with Crippen LogP contribution in [0.25, 0.3) is 11.0 Å². The number of hydrogen-bond acceptors (Lipinski definition) is 3. The molecule has 3 nitrogen and oxygen atoms in total. The zero-order chi connectivity index (χ0) is 16.6. The van der Waals surface area contributed by atoms with E-state index in [0.29, 0.717) is 11.1 Å². The van der Waals surface area contributed by atoms with E-state index in [2.05, 4.69) is 0 Å². The van der Waals surface area contributed by atoms with Crippen LogP contribution in [-0.2, 0) is 6.61 Å². The second-order valence-corrected chi connectivity index (χ2v) is 5.39. The Morgan fingerprint density at radius 2 is 1.78 bits per heavy atom. The lowest BCUT2D eigenvalue weighted by molar-refractivity contribution is 0.290. The molecule has 0 saturated heterocycles. The molecule has 3 rings (SSSR count). The van der Waals surface area contributed by atoms with Crippen molar-refractivity contribution in [1.82, 2.24) is 0 Å². The summed E-state index contributed by atoms with van der Waals surface area (Å²) in [7, 11) is 0. The highest BCUT2D eigenvalue weighted by Gasteiger charge is 2.10. The third kappa shape index (κ3) is 3.08. The van der Waals surface area contributed by atoms with Gasteiger partial charge in [0.05, 0.1) is 0 Å². The highest BCUT2D eigenvalue weighted by atomic mass is 19.1. The minimum atomic E-state index is -0.788. The minimum Gasteiger partial charge on any atom is -0.486 e. The van der Waals surface area contributed by atoms with E-state index in [1.54, 1.807) is 6.07 Å². The number of benzene rings is 2. The Balaban J connectivity index is 1.99. The highest BCUT2D eigenvalue weighted by Crippen LogP contribution is 2.24. The van der Waals surface area contributed by atoms with Crippen molar-refractivity contribution in [2.24, 2.45) is 0 Å². The molecule has 0 fully saturated rings. The summed E-state index contributed by atoms with van der Waals surface area (Å²) >= 11 is 0. The number of rotatable bonds is 3. The molecule has 0 saturated carbocycles. The summed E-state index contributed by atoms with van der Waals surface area (Å²) in [5.74, 6) is -1.53. The summed E-state index contributed by atoms with van der Waals surface area (Å²) in [5, 5.41) is 0.732. The van der Waals surface area contributed by atoms with Gasteiger partial charge in [0.1, 0.15) is 18.0 Å². The largest absolute Gasteiger partial charge is 0.486 e. The maximum Gasteiger partial charge on any atom is 0.336 e. The van der Waals surface area contributed by atoms with Gasteiger partial charge in [0.25, 0.3) is 0 Å². The third-order valence-corrected chi connectivity index (χ3v) is 3.72. The fourth-order valence-corrected chi connectivity index (χ4v) is 2.35. The van der Waals surface area contributed by atoms with E-state index in [1.807, 2.05) is 19.9 Å². The Morgan fingerprint density at radius 1 is 1.04 bits per heavy atom. The van der Waals surface area contributed by atoms with Crippen molar-refractivity contribution in [2.45, 2.75) is 20.5 Å². The molecule has 0 aliphatic carbocycles. The van der Waals surface area contributed by atoms with Crippen LogP contribution < -0.4 is 10.4 Å². The van der Waals surface area contributed by atoms with Crippen molar-refractivity contribution in [3.8, 4) is 5.75 Å². The lowest BCUT2D eigenvalue weighted by atomic mass is 10.0. The van der Waals surface area contributed by atoms with E-state index in [1.165, 1.54) is 12.1 Å². The van der Waals surface area contributed by atoms with Crippen molar-refractivity contribution >= 4 is 11.0 Å². The monoisotopic (exact) mass is 316 g/mol. The van der Waals surface area contributed by atoms with Gasteiger partial charge in [-0.3, -0.25) is 0 Å². The van der Waals surface area contributed by atoms with Gasteiger partial charge >= 0.3 is 5.63 Å². The smallest absolute Gasteiger partial charge is 0.336 e. The molecule has 3 aromatic rings. The molecular formula is C18H14F2O3. The Kier molecular flexibility index (Phi) is 3.86. The van der Waals surface area contributed by atoms with Crippen LogP contribution in [-0.4, -0.2) is 0 Å². The summed E-state index contributed by atoms with van der Waals surface area (Å²) in [6.45, 7) is 3.85. The zero-order valence-corrected chi connectivity index (χ0v) is 12.7. The van der Waals surface area contributed by atoms with Crippen LogP contribution in [0.2, 0.25) is 0 Å². The van der Waals surface area contributed by atoms with Gasteiger partial charge in [-0.15, -0.1) is 0 Å². The summed E-state index contributed by atoms with van der Waals surface area (Å²) in [6, 6.07) is 8.08. The van der Waals surface area contributed by atoms with Crippen LogP contribution in [0.15, 0.2) is 45.6 Å². The van der Waals surface area contributed by atoms with Gasteiger partial charge in [0.15, 0.2) is 11.6 Å². The fourth-order valence-electron chi connectivity index (χ4n) is 2.35. The Bertz CT molecular complexity index is 945. The second kappa shape index (κ2) is 5.83. The molecule has 2 aromatic carbocycles. The quantitative estimate of drug-likeness (QED) is 0.678. The van der Waals surface area contributed by atoms with E-state index in [4.69, 9.17) is 9.15 Å². The third-order valence-electron chi connectivity index (χ3n) is 3.72. The molecule has 1 aromatic heterocycles. The first-order valence-electron chi connectivity index (χ1n) is 7.06. The molecule has 0 amide bonds. The first kappa shape index (κ1) is 15.2. The van der Waals surface area contributed by atoms with Crippen LogP contribution in [0.4, 0.5) is 8.78 Å². The average Bonchev–Trinajstić information content (AvgIpc) is 2.48. The summed E-state index contributed by atoms with van der Waals surface area (Å²) in [5.41, 5.74) is 2.59. The standard InChI is InChI=1S/C18H14F2O3/c1-10-5-14-12(7-18(21)23-17(14)6-11(10)2)9-22-16-4-3-13(19)8-15(16)20/h3-8H,9H2,1-2H3. The molecule has 0 bridgehead atoms. The van der Waals surface area contributed by atoms with Gasteiger partial charge in [-0.1, -0.05) is 0 Å². The van der Waals surface area contributed by atoms with Gasteiger partial charge in [0.2, 0.25) is 0 Å². The average molecular weight is 316 g/mol. The topological polar surface area (TPSA) is 39.4 Å². The second-order valence-electron chi connectivity index (χ2n) is 5.39. The number of fused-ring (bicyclic) bond motifs is 1. The Hall–Kier alpha value is -2.69.